The minimum atomic E-state index is 0.609. The Morgan fingerprint density at radius 2 is 1.52 bits per heavy atom. The Hall–Kier alpha value is -0.850. The molecule has 0 spiro atoms. The number of rotatable bonds is 7. The van der Waals surface area contributed by atoms with Crippen molar-refractivity contribution in [2.24, 2.45) is 28.6 Å². The molecule has 5 aliphatic carbocycles. The minimum absolute atomic E-state index is 0.609. The lowest BCUT2D eigenvalue weighted by Crippen LogP contribution is -2.46. The third kappa shape index (κ3) is 3.60. The van der Waals surface area contributed by atoms with Crippen molar-refractivity contribution >= 4 is 0 Å². The van der Waals surface area contributed by atoms with Gasteiger partial charge < -0.3 is 0 Å². The molecule has 0 amide bonds. The first-order valence-electron chi connectivity index (χ1n) is 11.9. The van der Waals surface area contributed by atoms with Crippen LogP contribution in [0.25, 0.3) is 0 Å². The summed E-state index contributed by atoms with van der Waals surface area (Å²) in [4.78, 5) is 4.24. The van der Waals surface area contributed by atoms with Gasteiger partial charge in [-0.25, -0.2) is 0 Å². The van der Waals surface area contributed by atoms with E-state index in [4.69, 9.17) is 0 Å². The lowest BCUT2D eigenvalue weighted by Gasteiger charge is -2.57. The summed E-state index contributed by atoms with van der Waals surface area (Å²) in [5.74, 6) is 4.99. The summed E-state index contributed by atoms with van der Waals surface area (Å²) in [6.07, 6.45) is 25.0. The van der Waals surface area contributed by atoms with Gasteiger partial charge in [0.2, 0.25) is 0 Å². The predicted octanol–water partition coefficient (Wildman–Crippen LogP) is 7.36. The number of pyridine rings is 1. The van der Waals surface area contributed by atoms with E-state index in [2.05, 4.69) is 24.0 Å². The molecule has 4 bridgehead atoms. The van der Waals surface area contributed by atoms with Crippen molar-refractivity contribution in [2.75, 3.05) is 0 Å². The summed E-state index contributed by atoms with van der Waals surface area (Å²) in [6.45, 7) is 2.36. The molecular weight excluding hydrogens is 326 g/mol. The van der Waals surface area contributed by atoms with Gasteiger partial charge in [-0.3, -0.25) is 4.98 Å². The van der Waals surface area contributed by atoms with E-state index in [1.54, 1.807) is 50.9 Å². The van der Waals surface area contributed by atoms with Crippen molar-refractivity contribution in [1.29, 1.82) is 0 Å². The van der Waals surface area contributed by atoms with Gasteiger partial charge in [-0.05, 0) is 123 Å². The van der Waals surface area contributed by atoms with Crippen LogP contribution in [-0.2, 0) is 0 Å². The fraction of sp³-hybridized carbons (Fsp3) is 0.769. The first-order valence-corrected chi connectivity index (χ1v) is 11.9. The molecule has 1 nitrogen and oxygen atoms in total. The molecule has 27 heavy (non-hydrogen) atoms. The molecule has 5 aliphatic rings. The molecule has 1 aromatic rings. The van der Waals surface area contributed by atoms with Gasteiger partial charge in [-0.15, -0.1) is 0 Å². The molecule has 0 N–H and O–H groups in total. The summed E-state index contributed by atoms with van der Waals surface area (Å²) in [6, 6.07) is 4.47. The molecule has 1 heteroatoms. The van der Waals surface area contributed by atoms with Gasteiger partial charge in [-0.2, -0.15) is 0 Å². The second-order valence-electron chi connectivity index (χ2n) is 11.0. The van der Waals surface area contributed by atoms with Gasteiger partial charge >= 0.3 is 0 Å². The molecule has 0 aliphatic heterocycles. The number of nitrogens with zero attached hydrogens (tertiary/aromatic N) is 1. The summed E-state index contributed by atoms with van der Waals surface area (Å²) < 4.78 is 0. The van der Waals surface area contributed by atoms with Crippen molar-refractivity contribution in [3.8, 4) is 0 Å². The van der Waals surface area contributed by atoms with E-state index in [1.807, 2.05) is 12.4 Å². The van der Waals surface area contributed by atoms with Crippen molar-refractivity contribution in [3.05, 3.63) is 36.0 Å². The molecule has 1 aromatic heterocycles. The van der Waals surface area contributed by atoms with E-state index in [0.29, 0.717) is 5.41 Å². The highest BCUT2D eigenvalue weighted by Gasteiger charge is 2.51. The van der Waals surface area contributed by atoms with Gasteiger partial charge in [0.25, 0.3) is 0 Å². The van der Waals surface area contributed by atoms with Crippen LogP contribution in [0.4, 0.5) is 0 Å². The molecule has 0 atom stereocenters. The Morgan fingerprint density at radius 1 is 0.926 bits per heavy atom. The second-order valence-corrected chi connectivity index (χ2v) is 11.0. The van der Waals surface area contributed by atoms with Crippen LogP contribution in [0.2, 0.25) is 0 Å². The first kappa shape index (κ1) is 18.2. The van der Waals surface area contributed by atoms with E-state index < -0.39 is 0 Å². The minimum Gasteiger partial charge on any atom is -0.265 e. The van der Waals surface area contributed by atoms with Crippen LogP contribution in [-0.4, -0.2) is 4.98 Å². The zero-order chi connectivity index (χ0) is 18.3. The van der Waals surface area contributed by atoms with Crippen molar-refractivity contribution < 1.29 is 0 Å². The highest BCUT2D eigenvalue weighted by atomic mass is 14.6. The fourth-order valence-corrected chi connectivity index (χ4v) is 8.24. The standard InChI is InChI=1S/C26H38N/c1-2-23(24-5-11-27-12-6-24)19-25(7-3-4-8-25)9-10-26-16-20-13-21(17-26)15-22(14-20)18-26/h5-6,11-12,20-22H,2-4,7-10,13-19H2,1H3. The van der Waals surface area contributed by atoms with Crippen LogP contribution < -0.4 is 0 Å². The molecule has 1 radical (unpaired) electrons. The van der Waals surface area contributed by atoms with Gasteiger partial charge in [0.15, 0.2) is 0 Å². The normalized spacial score (nSPS) is 36.6. The summed E-state index contributed by atoms with van der Waals surface area (Å²) in [7, 11) is 0. The SMILES string of the molecule is CC[C](CC1(CCC23CC4CC(CC(C4)C2)C3)CCCC1)c1ccncc1. The largest absolute Gasteiger partial charge is 0.265 e. The van der Waals surface area contributed by atoms with Gasteiger partial charge in [0.05, 0.1) is 0 Å². The lowest BCUT2D eigenvalue weighted by atomic mass is 9.48. The van der Waals surface area contributed by atoms with Gasteiger partial charge in [0.1, 0.15) is 0 Å². The summed E-state index contributed by atoms with van der Waals surface area (Å²) in [5.41, 5.74) is 2.82. The molecule has 147 valence electrons. The molecule has 1 heterocycles. The van der Waals surface area contributed by atoms with E-state index in [9.17, 15) is 0 Å². The molecule has 5 saturated carbocycles. The second kappa shape index (κ2) is 7.20. The number of aromatic nitrogens is 1. The van der Waals surface area contributed by atoms with E-state index in [0.717, 1.165) is 23.2 Å². The number of hydrogen-bond donors (Lipinski definition) is 0. The maximum atomic E-state index is 4.24. The Morgan fingerprint density at radius 3 is 2.07 bits per heavy atom. The average Bonchev–Trinajstić information content (AvgIpc) is 3.13. The average molecular weight is 365 g/mol. The van der Waals surface area contributed by atoms with Gasteiger partial charge in [0, 0.05) is 18.3 Å². The zero-order valence-corrected chi connectivity index (χ0v) is 17.4. The Kier molecular flexibility index (Phi) is 4.85. The van der Waals surface area contributed by atoms with E-state index in [1.165, 1.54) is 50.5 Å². The lowest BCUT2D eigenvalue weighted by molar-refractivity contribution is -0.0634. The van der Waals surface area contributed by atoms with Crippen LogP contribution in [0.1, 0.15) is 102 Å². The molecule has 0 unspecified atom stereocenters. The topological polar surface area (TPSA) is 12.9 Å². The van der Waals surface area contributed by atoms with E-state index in [-0.39, 0.29) is 0 Å². The highest BCUT2D eigenvalue weighted by Crippen LogP contribution is 2.63. The van der Waals surface area contributed by atoms with Crippen LogP contribution in [0, 0.1) is 34.5 Å². The van der Waals surface area contributed by atoms with Crippen LogP contribution in [0.5, 0.6) is 0 Å². The maximum Gasteiger partial charge on any atom is 0.0270 e. The molecular formula is C26H38N. The van der Waals surface area contributed by atoms with Crippen LogP contribution in [0.15, 0.2) is 24.5 Å². The van der Waals surface area contributed by atoms with E-state index >= 15 is 0 Å². The first-order chi connectivity index (χ1) is 13.2. The van der Waals surface area contributed by atoms with Crippen molar-refractivity contribution in [2.45, 2.75) is 96.8 Å². The monoisotopic (exact) mass is 364 g/mol. The molecule has 0 saturated heterocycles. The Balaban J connectivity index is 1.29. The number of hydrogen-bond acceptors (Lipinski definition) is 1. The maximum absolute atomic E-state index is 4.24. The summed E-state index contributed by atoms with van der Waals surface area (Å²) >= 11 is 0. The quantitative estimate of drug-likeness (QED) is 0.492. The smallest absolute Gasteiger partial charge is 0.0270 e. The van der Waals surface area contributed by atoms with Crippen LogP contribution in [0.3, 0.4) is 0 Å². The zero-order valence-electron chi connectivity index (χ0n) is 17.4. The Labute approximate surface area is 166 Å². The fourth-order valence-electron chi connectivity index (χ4n) is 8.24. The van der Waals surface area contributed by atoms with Crippen molar-refractivity contribution in [3.63, 3.8) is 0 Å². The molecule has 5 fully saturated rings. The van der Waals surface area contributed by atoms with Crippen LogP contribution >= 0.6 is 0 Å². The molecule has 0 aromatic carbocycles. The highest BCUT2D eigenvalue weighted by molar-refractivity contribution is 5.29. The van der Waals surface area contributed by atoms with Crippen molar-refractivity contribution in [1.82, 2.24) is 4.98 Å². The third-order valence-corrected chi connectivity index (χ3v) is 9.12. The predicted molar refractivity (Wildman–Crippen MR) is 112 cm³/mol. The van der Waals surface area contributed by atoms with Gasteiger partial charge in [-0.1, -0.05) is 19.8 Å². The molecule has 6 rings (SSSR count). The Bertz CT molecular complexity index is 592. The summed E-state index contributed by atoms with van der Waals surface area (Å²) in [5, 5.41) is 0. The third-order valence-electron chi connectivity index (χ3n) is 9.12.